The van der Waals surface area contributed by atoms with Crippen molar-refractivity contribution in [3.8, 4) is 11.5 Å². The molecule has 0 N–H and O–H groups in total. The SMILES string of the molecule is COc1cc(C2C3=C(CC(C)(C)CC3=O)N(CCc3ccccc3)C3=C2C(=O)CC(C)(C)C3)ccc1OCc1ccc(F)cc1. The van der Waals surface area contributed by atoms with Crippen LogP contribution in [0.3, 0.4) is 0 Å². The van der Waals surface area contributed by atoms with Gasteiger partial charge in [-0.05, 0) is 71.0 Å². The number of carbonyl (C=O) groups is 2. The molecule has 45 heavy (non-hydrogen) atoms. The van der Waals surface area contributed by atoms with Crippen molar-refractivity contribution < 1.29 is 23.5 Å². The van der Waals surface area contributed by atoms with E-state index < -0.39 is 5.92 Å². The highest BCUT2D eigenvalue weighted by Crippen LogP contribution is 2.55. The molecule has 234 valence electrons. The van der Waals surface area contributed by atoms with Gasteiger partial charge in [0.15, 0.2) is 23.1 Å². The fraction of sp³-hybridized carbons (Fsp3) is 0.385. The first-order chi connectivity index (χ1) is 21.4. The molecule has 0 bridgehead atoms. The van der Waals surface area contributed by atoms with E-state index in [1.807, 2.05) is 24.3 Å². The molecule has 2 aliphatic carbocycles. The van der Waals surface area contributed by atoms with Crippen molar-refractivity contribution >= 4 is 11.6 Å². The Morgan fingerprint density at radius 1 is 0.756 bits per heavy atom. The van der Waals surface area contributed by atoms with Gasteiger partial charge in [0, 0.05) is 47.8 Å². The van der Waals surface area contributed by atoms with Crippen LogP contribution in [0.5, 0.6) is 11.5 Å². The molecule has 1 heterocycles. The number of allylic oxidation sites excluding steroid dienone is 4. The van der Waals surface area contributed by atoms with Crippen molar-refractivity contribution in [2.24, 2.45) is 10.8 Å². The van der Waals surface area contributed by atoms with E-state index in [-0.39, 0.29) is 34.8 Å². The predicted octanol–water partition coefficient (Wildman–Crippen LogP) is 8.34. The first kappa shape index (κ1) is 30.8. The molecular formula is C39H42FNO4. The van der Waals surface area contributed by atoms with Crippen LogP contribution in [0.4, 0.5) is 4.39 Å². The third-order valence-corrected chi connectivity index (χ3v) is 9.32. The summed E-state index contributed by atoms with van der Waals surface area (Å²) in [7, 11) is 1.59. The average Bonchev–Trinajstić information content (AvgIpc) is 2.98. The zero-order chi connectivity index (χ0) is 31.9. The summed E-state index contributed by atoms with van der Waals surface area (Å²) in [4.78, 5) is 30.7. The van der Waals surface area contributed by atoms with Gasteiger partial charge in [0.2, 0.25) is 0 Å². The molecule has 0 fully saturated rings. The average molecular weight is 608 g/mol. The van der Waals surface area contributed by atoms with Crippen molar-refractivity contribution in [2.45, 2.75) is 72.3 Å². The fourth-order valence-corrected chi connectivity index (χ4v) is 7.26. The van der Waals surface area contributed by atoms with E-state index in [0.717, 1.165) is 52.9 Å². The maximum Gasteiger partial charge on any atom is 0.162 e. The lowest BCUT2D eigenvalue weighted by atomic mass is 9.63. The number of carbonyl (C=O) groups excluding carboxylic acids is 2. The van der Waals surface area contributed by atoms with Gasteiger partial charge in [-0.1, -0.05) is 76.2 Å². The van der Waals surface area contributed by atoms with Crippen molar-refractivity contribution in [1.29, 1.82) is 0 Å². The Hall–Kier alpha value is -4.19. The normalized spacial score (nSPS) is 19.4. The van der Waals surface area contributed by atoms with Crippen LogP contribution in [0.25, 0.3) is 0 Å². The van der Waals surface area contributed by atoms with Crippen LogP contribution >= 0.6 is 0 Å². The summed E-state index contributed by atoms with van der Waals surface area (Å²) < 4.78 is 25.3. The molecule has 0 amide bonds. The minimum absolute atomic E-state index is 0.107. The van der Waals surface area contributed by atoms with Gasteiger partial charge in [-0.15, -0.1) is 0 Å². The van der Waals surface area contributed by atoms with Gasteiger partial charge >= 0.3 is 0 Å². The van der Waals surface area contributed by atoms with E-state index in [0.29, 0.717) is 30.9 Å². The standard InChI is InChI=1S/C39H42FNO4/c1-38(2)20-29-36(31(42)22-38)35(27-13-16-33(34(19-27)44-5)45-24-26-11-14-28(40)15-12-26)37-30(21-39(3,4)23-32(37)43)41(29)18-17-25-9-7-6-8-10-25/h6-16,19,35H,17-18,20-24H2,1-5H3. The Kier molecular flexibility index (Phi) is 8.19. The molecule has 6 heteroatoms. The Labute approximate surface area is 265 Å². The van der Waals surface area contributed by atoms with Crippen molar-refractivity contribution in [2.75, 3.05) is 13.7 Å². The second kappa shape index (κ2) is 12.0. The molecule has 1 aliphatic heterocycles. The predicted molar refractivity (Wildman–Crippen MR) is 173 cm³/mol. The quantitative estimate of drug-likeness (QED) is 0.258. The van der Waals surface area contributed by atoms with Gasteiger partial charge in [0.05, 0.1) is 7.11 Å². The molecule has 3 aliphatic rings. The molecule has 3 aromatic rings. The highest BCUT2D eigenvalue weighted by molar-refractivity contribution is 6.06. The Morgan fingerprint density at radius 2 is 1.36 bits per heavy atom. The Bertz CT molecular complexity index is 1630. The van der Waals surface area contributed by atoms with Crippen molar-refractivity contribution in [1.82, 2.24) is 4.90 Å². The molecule has 3 aromatic carbocycles. The number of hydrogen-bond acceptors (Lipinski definition) is 5. The van der Waals surface area contributed by atoms with E-state index in [9.17, 15) is 14.0 Å². The van der Waals surface area contributed by atoms with E-state index in [1.165, 1.54) is 17.7 Å². The van der Waals surface area contributed by atoms with Crippen molar-refractivity contribution in [3.05, 3.63) is 118 Å². The first-order valence-corrected chi connectivity index (χ1v) is 15.8. The smallest absolute Gasteiger partial charge is 0.162 e. The number of Topliss-reactive ketones (excluding diaryl/α,β-unsaturated/α-hetero) is 2. The third-order valence-electron chi connectivity index (χ3n) is 9.32. The highest BCUT2D eigenvalue weighted by Gasteiger charge is 2.49. The van der Waals surface area contributed by atoms with Crippen LogP contribution in [0.2, 0.25) is 0 Å². The molecule has 0 atom stereocenters. The van der Waals surface area contributed by atoms with Gasteiger partial charge in [-0.3, -0.25) is 9.59 Å². The highest BCUT2D eigenvalue weighted by atomic mass is 19.1. The monoisotopic (exact) mass is 607 g/mol. The van der Waals surface area contributed by atoms with Gasteiger partial charge < -0.3 is 14.4 Å². The van der Waals surface area contributed by atoms with Crippen molar-refractivity contribution in [3.63, 3.8) is 0 Å². The summed E-state index contributed by atoms with van der Waals surface area (Å²) in [6, 6.07) is 22.3. The maximum atomic E-state index is 14.2. The van der Waals surface area contributed by atoms with E-state index >= 15 is 0 Å². The third kappa shape index (κ3) is 6.33. The Balaban J connectivity index is 1.44. The summed E-state index contributed by atoms with van der Waals surface area (Å²) in [5.41, 5.74) is 6.14. The summed E-state index contributed by atoms with van der Waals surface area (Å²) in [5, 5.41) is 0. The largest absolute Gasteiger partial charge is 0.493 e. The summed E-state index contributed by atoms with van der Waals surface area (Å²) in [6.45, 7) is 9.61. The lowest BCUT2D eigenvalue weighted by Crippen LogP contribution is -2.45. The van der Waals surface area contributed by atoms with E-state index in [1.54, 1.807) is 19.2 Å². The fourth-order valence-electron chi connectivity index (χ4n) is 7.26. The zero-order valence-corrected chi connectivity index (χ0v) is 26.9. The molecule has 0 radical (unpaired) electrons. The van der Waals surface area contributed by atoms with E-state index in [4.69, 9.17) is 9.47 Å². The summed E-state index contributed by atoms with van der Waals surface area (Å²) >= 11 is 0. The topological polar surface area (TPSA) is 55.8 Å². The molecule has 0 aromatic heterocycles. The number of methoxy groups -OCH3 is 1. The summed E-state index contributed by atoms with van der Waals surface area (Å²) in [6.07, 6.45) is 3.22. The molecule has 0 spiro atoms. The first-order valence-electron chi connectivity index (χ1n) is 15.8. The number of ether oxygens (including phenoxy) is 2. The maximum absolute atomic E-state index is 14.2. The number of hydrogen-bond donors (Lipinski definition) is 0. The lowest BCUT2D eigenvalue weighted by molar-refractivity contribution is -0.119. The van der Waals surface area contributed by atoms with Crippen LogP contribution in [-0.4, -0.2) is 30.1 Å². The molecule has 0 saturated heterocycles. The zero-order valence-electron chi connectivity index (χ0n) is 26.9. The number of halogens is 1. The van der Waals surface area contributed by atoms with Crippen LogP contribution in [0.15, 0.2) is 95.3 Å². The second-order valence-electron chi connectivity index (χ2n) is 14.2. The minimum Gasteiger partial charge on any atom is -0.493 e. The van der Waals surface area contributed by atoms with Gasteiger partial charge in [0.25, 0.3) is 0 Å². The van der Waals surface area contributed by atoms with Gasteiger partial charge in [-0.25, -0.2) is 4.39 Å². The molecule has 6 rings (SSSR count). The second-order valence-corrected chi connectivity index (χ2v) is 14.2. The van der Waals surface area contributed by atoms with Crippen LogP contribution in [-0.2, 0) is 22.6 Å². The number of ketones is 2. The Morgan fingerprint density at radius 3 is 1.93 bits per heavy atom. The molecular weight excluding hydrogens is 565 g/mol. The minimum atomic E-state index is -0.463. The van der Waals surface area contributed by atoms with Crippen LogP contribution in [0, 0.1) is 16.6 Å². The molecule has 0 saturated carbocycles. The summed E-state index contributed by atoms with van der Waals surface area (Å²) in [5.74, 6) is 0.524. The van der Waals surface area contributed by atoms with E-state index in [2.05, 4.69) is 56.9 Å². The van der Waals surface area contributed by atoms with Gasteiger partial charge in [0.1, 0.15) is 12.4 Å². The number of benzene rings is 3. The lowest BCUT2D eigenvalue weighted by Gasteiger charge is -2.49. The number of nitrogens with zero attached hydrogens (tertiary/aromatic N) is 1. The molecule has 5 nitrogen and oxygen atoms in total. The van der Waals surface area contributed by atoms with Crippen LogP contribution < -0.4 is 9.47 Å². The van der Waals surface area contributed by atoms with Crippen LogP contribution in [0.1, 0.15) is 76.0 Å². The number of rotatable bonds is 8. The van der Waals surface area contributed by atoms with Gasteiger partial charge in [-0.2, -0.15) is 0 Å². The molecule has 0 unspecified atom stereocenters.